The lowest BCUT2D eigenvalue weighted by Gasteiger charge is -2.24. The fourth-order valence-electron chi connectivity index (χ4n) is 3.39. The summed E-state index contributed by atoms with van der Waals surface area (Å²) < 4.78 is 49.2. The van der Waals surface area contributed by atoms with Gasteiger partial charge in [-0.15, -0.1) is 0 Å². The van der Waals surface area contributed by atoms with Gasteiger partial charge in [-0.1, -0.05) is 0 Å². The standard InChI is InChI=1S/C26H29N3O8S/c1-5-37-24-14-18(6-12-22(24)30)16-27-28-26(31)17-29(19-7-9-20(34-2)10-8-19)38(32,33)21-11-13-23(35-3)25(15-21)36-4/h6-16,30H,5,17H2,1-4H3,(H,28,31)/b27-16-. The molecule has 1 amide bonds. The first kappa shape index (κ1) is 28.1. The van der Waals surface area contributed by atoms with E-state index in [0.29, 0.717) is 23.7 Å². The van der Waals surface area contributed by atoms with E-state index in [-0.39, 0.29) is 27.8 Å². The smallest absolute Gasteiger partial charge is 0.264 e. The minimum absolute atomic E-state index is 0.0245. The Bertz CT molecular complexity index is 1390. The number of hydrogen-bond donors (Lipinski definition) is 2. The molecule has 3 rings (SSSR count). The number of hydrazone groups is 1. The van der Waals surface area contributed by atoms with Gasteiger partial charge in [0, 0.05) is 6.07 Å². The molecule has 0 heterocycles. The van der Waals surface area contributed by atoms with Crippen LogP contribution in [0, 0.1) is 0 Å². The third-order valence-electron chi connectivity index (χ3n) is 5.28. The molecule has 0 saturated heterocycles. The van der Waals surface area contributed by atoms with Crippen molar-refractivity contribution in [2.45, 2.75) is 11.8 Å². The number of benzene rings is 3. The Morgan fingerprint density at radius 2 is 1.66 bits per heavy atom. The van der Waals surface area contributed by atoms with Gasteiger partial charge in [-0.25, -0.2) is 13.8 Å². The number of carbonyl (C=O) groups is 1. The molecule has 0 aliphatic heterocycles. The minimum Gasteiger partial charge on any atom is -0.504 e. The quantitative estimate of drug-likeness (QED) is 0.263. The topological polar surface area (TPSA) is 136 Å². The first-order valence-electron chi connectivity index (χ1n) is 11.4. The van der Waals surface area contributed by atoms with E-state index in [0.717, 1.165) is 4.31 Å². The fraction of sp³-hybridized carbons (Fsp3) is 0.231. The number of carbonyl (C=O) groups excluding carboxylic acids is 1. The van der Waals surface area contributed by atoms with E-state index in [1.54, 1.807) is 31.2 Å². The van der Waals surface area contributed by atoms with Crippen molar-refractivity contribution in [3.05, 3.63) is 66.2 Å². The number of nitrogens with one attached hydrogen (secondary N) is 1. The SMILES string of the molecule is CCOc1cc(/C=N\NC(=O)CN(c2ccc(OC)cc2)S(=O)(=O)c2ccc(OC)c(OC)c2)ccc1O. The van der Waals surface area contributed by atoms with Crippen LogP contribution in [0.3, 0.4) is 0 Å². The first-order chi connectivity index (χ1) is 18.2. The second-order valence-electron chi connectivity index (χ2n) is 7.68. The number of methoxy groups -OCH3 is 3. The van der Waals surface area contributed by atoms with Crippen LogP contribution in [-0.2, 0) is 14.8 Å². The molecular formula is C26H29N3O8S. The number of phenols is 1. The number of amides is 1. The molecule has 2 N–H and O–H groups in total. The first-order valence-corrected chi connectivity index (χ1v) is 12.8. The number of ether oxygens (including phenoxy) is 4. The Labute approximate surface area is 221 Å². The van der Waals surface area contributed by atoms with Gasteiger partial charge in [0.05, 0.1) is 44.7 Å². The van der Waals surface area contributed by atoms with Crippen LogP contribution >= 0.6 is 0 Å². The molecule has 0 fully saturated rings. The molecule has 202 valence electrons. The molecule has 0 spiro atoms. The van der Waals surface area contributed by atoms with Crippen LogP contribution in [0.4, 0.5) is 5.69 Å². The Kier molecular flexibility index (Phi) is 9.39. The molecule has 3 aromatic rings. The van der Waals surface area contributed by atoms with Crippen molar-refractivity contribution in [2.24, 2.45) is 5.10 Å². The third kappa shape index (κ3) is 6.65. The van der Waals surface area contributed by atoms with Gasteiger partial charge in [0.15, 0.2) is 23.0 Å². The number of hydrogen-bond acceptors (Lipinski definition) is 9. The van der Waals surface area contributed by atoms with E-state index < -0.39 is 22.5 Å². The average Bonchev–Trinajstić information content (AvgIpc) is 2.93. The lowest BCUT2D eigenvalue weighted by molar-refractivity contribution is -0.119. The summed E-state index contributed by atoms with van der Waals surface area (Å²) in [4.78, 5) is 12.7. The summed E-state index contributed by atoms with van der Waals surface area (Å²) in [5, 5.41) is 13.7. The van der Waals surface area contributed by atoms with Crippen molar-refractivity contribution in [2.75, 3.05) is 38.8 Å². The van der Waals surface area contributed by atoms with Gasteiger partial charge in [0.2, 0.25) is 0 Å². The summed E-state index contributed by atoms with van der Waals surface area (Å²) in [5.74, 6) is 0.656. The number of nitrogens with zero attached hydrogens (tertiary/aromatic N) is 2. The van der Waals surface area contributed by atoms with Crippen molar-refractivity contribution in [1.29, 1.82) is 0 Å². The van der Waals surface area contributed by atoms with Crippen LogP contribution in [0.2, 0.25) is 0 Å². The largest absolute Gasteiger partial charge is 0.504 e. The maximum absolute atomic E-state index is 13.7. The molecule has 38 heavy (non-hydrogen) atoms. The molecule has 0 saturated carbocycles. The Balaban J connectivity index is 1.87. The lowest BCUT2D eigenvalue weighted by atomic mass is 10.2. The van der Waals surface area contributed by atoms with Crippen molar-refractivity contribution in [1.82, 2.24) is 5.43 Å². The normalized spacial score (nSPS) is 11.2. The second-order valence-corrected chi connectivity index (χ2v) is 9.54. The van der Waals surface area contributed by atoms with Crippen LogP contribution in [0.25, 0.3) is 0 Å². The van der Waals surface area contributed by atoms with Crippen molar-refractivity contribution < 1.29 is 37.3 Å². The van der Waals surface area contributed by atoms with Crippen molar-refractivity contribution in [3.8, 4) is 28.7 Å². The number of phenolic OH excluding ortho intramolecular Hbond substituents is 1. The van der Waals surface area contributed by atoms with Crippen LogP contribution < -0.4 is 28.7 Å². The molecule has 0 atom stereocenters. The number of rotatable bonds is 12. The van der Waals surface area contributed by atoms with Crippen LogP contribution in [0.1, 0.15) is 12.5 Å². The zero-order chi connectivity index (χ0) is 27.7. The molecular weight excluding hydrogens is 514 g/mol. The van der Waals surface area contributed by atoms with Gasteiger partial charge in [-0.05, 0) is 67.1 Å². The van der Waals surface area contributed by atoms with E-state index in [2.05, 4.69) is 10.5 Å². The van der Waals surface area contributed by atoms with Gasteiger partial charge in [-0.3, -0.25) is 9.10 Å². The summed E-state index contributed by atoms with van der Waals surface area (Å²) in [5.41, 5.74) is 3.12. The Hall–Kier alpha value is -4.45. The third-order valence-corrected chi connectivity index (χ3v) is 7.05. The zero-order valence-electron chi connectivity index (χ0n) is 21.4. The van der Waals surface area contributed by atoms with E-state index in [1.807, 2.05) is 0 Å². The van der Waals surface area contributed by atoms with Crippen LogP contribution in [0.15, 0.2) is 70.7 Å². The fourth-order valence-corrected chi connectivity index (χ4v) is 4.83. The molecule has 0 radical (unpaired) electrons. The van der Waals surface area contributed by atoms with Gasteiger partial charge >= 0.3 is 0 Å². The highest BCUT2D eigenvalue weighted by Gasteiger charge is 2.28. The van der Waals surface area contributed by atoms with Gasteiger partial charge < -0.3 is 24.1 Å². The molecule has 0 aliphatic carbocycles. The highest BCUT2D eigenvalue weighted by atomic mass is 32.2. The summed E-state index contributed by atoms with van der Waals surface area (Å²) in [6, 6.07) is 15.0. The van der Waals surface area contributed by atoms with E-state index in [1.165, 1.54) is 63.9 Å². The zero-order valence-corrected chi connectivity index (χ0v) is 22.2. The molecule has 0 bridgehead atoms. The predicted octanol–water partition coefficient (Wildman–Crippen LogP) is 3.16. The minimum atomic E-state index is -4.22. The lowest BCUT2D eigenvalue weighted by Crippen LogP contribution is -2.39. The molecule has 0 aromatic heterocycles. The predicted molar refractivity (Wildman–Crippen MR) is 142 cm³/mol. The molecule has 0 aliphatic rings. The van der Waals surface area contributed by atoms with Crippen LogP contribution in [0.5, 0.6) is 28.7 Å². The monoisotopic (exact) mass is 543 g/mol. The number of anilines is 1. The van der Waals surface area contributed by atoms with Crippen molar-refractivity contribution in [3.63, 3.8) is 0 Å². The van der Waals surface area contributed by atoms with E-state index in [4.69, 9.17) is 18.9 Å². The van der Waals surface area contributed by atoms with Gasteiger partial charge in [-0.2, -0.15) is 5.10 Å². The van der Waals surface area contributed by atoms with E-state index in [9.17, 15) is 18.3 Å². The number of aromatic hydroxyl groups is 1. The Morgan fingerprint density at radius 3 is 2.29 bits per heavy atom. The summed E-state index contributed by atoms with van der Waals surface area (Å²) in [6.45, 7) is 1.58. The second kappa shape index (κ2) is 12.7. The maximum Gasteiger partial charge on any atom is 0.264 e. The molecule has 0 unspecified atom stereocenters. The summed E-state index contributed by atoms with van der Waals surface area (Å²) in [6.07, 6.45) is 1.35. The molecule has 3 aromatic carbocycles. The highest BCUT2D eigenvalue weighted by Crippen LogP contribution is 2.32. The van der Waals surface area contributed by atoms with Gasteiger partial charge in [0.1, 0.15) is 12.3 Å². The molecule has 11 nitrogen and oxygen atoms in total. The van der Waals surface area contributed by atoms with Crippen LogP contribution in [-0.4, -0.2) is 60.1 Å². The summed E-state index contributed by atoms with van der Waals surface area (Å²) >= 11 is 0. The molecule has 12 heteroatoms. The maximum atomic E-state index is 13.7. The average molecular weight is 544 g/mol. The summed E-state index contributed by atoms with van der Waals surface area (Å²) in [7, 11) is 0.106. The number of sulfonamides is 1. The van der Waals surface area contributed by atoms with Gasteiger partial charge in [0.25, 0.3) is 15.9 Å². The van der Waals surface area contributed by atoms with Crippen molar-refractivity contribution >= 4 is 27.8 Å². The Morgan fingerprint density at radius 1 is 0.947 bits per heavy atom. The van der Waals surface area contributed by atoms with E-state index >= 15 is 0 Å². The highest BCUT2D eigenvalue weighted by molar-refractivity contribution is 7.92.